The maximum Gasteiger partial charge on any atom is 0.287 e. The molecule has 1 aromatic heterocycles. The molecule has 5 heteroatoms. The predicted octanol–water partition coefficient (Wildman–Crippen LogP) is 2.84. The first kappa shape index (κ1) is 13.8. The van der Waals surface area contributed by atoms with Crippen LogP contribution in [0, 0.1) is 0 Å². The van der Waals surface area contributed by atoms with E-state index in [0.29, 0.717) is 4.47 Å². The third-order valence-electron chi connectivity index (χ3n) is 3.01. The highest BCUT2D eigenvalue weighted by Crippen LogP contribution is 2.21. The number of hydrogen-bond acceptors (Lipinski definition) is 3. The normalized spacial score (nSPS) is 10.5. The number of rotatable bonds is 4. The molecule has 0 atom stereocenters. The number of para-hydroxylation sites is 1. The van der Waals surface area contributed by atoms with Gasteiger partial charge in [0.1, 0.15) is 4.47 Å². The molecule has 0 unspecified atom stereocenters. The van der Waals surface area contributed by atoms with Crippen LogP contribution in [0.2, 0.25) is 0 Å². The van der Waals surface area contributed by atoms with E-state index < -0.39 is 0 Å². The summed E-state index contributed by atoms with van der Waals surface area (Å²) in [4.78, 5) is 14.4. The first-order valence-corrected chi connectivity index (χ1v) is 7.06. The van der Waals surface area contributed by atoms with E-state index in [-0.39, 0.29) is 5.56 Å². The Morgan fingerprint density at radius 1 is 1.21 bits per heavy atom. The smallest absolute Gasteiger partial charge is 0.287 e. The molecule has 0 spiro atoms. The van der Waals surface area contributed by atoms with E-state index in [0.717, 1.165) is 24.5 Å². The topological polar surface area (TPSA) is 38.1 Å². The van der Waals surface area contributed by atoms with Gasteiger partial charge in [0.05, 0.1) is 17.6 Å². The molecule has 0 amide bonds. The van der Waals surface area contributed by atoms with E-state index in [2.05, 4.69) is 39.8 Å². The summed E-state index contributed by atoms with van der Waals surface area (Å²) >= 11 is 3.40. The predicted molar refractivity (Wildman–Crippen MR) is 81.1 cm³/mol. The van der Waals surface area contributed by atoms with Crippen molar-refractivity contribution < 1.29 is 0 Å². The first-order chi connectivity index (χ1) is 9.19. The number of halogens is 1. The van der Waals surface area contributed by atoms with Gasteiger partial charge >= 0.3 is 0 Å². The van der Waals surface area contributed by atoms with Gasteiger partial charge in [-0.05, 0) is 41.9 Å². The minimum Gasteiger partial charge on any atom is -0.370 e. The molecule has 0 saturated carbocycles. The summed E-state index contributed by atoms with van der Waals surface area (Å²) in [6.45, 7) is 5.79. The van der Waals surface area contributed by atoms with Crippen LogP contribution in [0.1, 0.15) is 13.8 Å². The quantitative estimate of drug-likeness (QED) is 0.869. The molecule has 0 aliphatic heterocycles. The fraction of sp³-hybridized carbons (Fsp3) is 0.286. The van der Waals surface area contributed by atoms with Gasteiger partial charge in [-0.25, -0.2) is 0 Å². The zero-order chi connectivity index (χ0) is 13.8. The van der Waals surface area contributed by atoms with Crippen LogP contribution in [0.15, 0.2) is 45.8 Å². The maximum atomic E-state index is 12.4. The summed E-state index contributed by atoms with van der Waals surface area (Å²) in [6, 6.07) is 9.40. The van der Waals surface area contributed by atoms with E-state index >= 15 is 0 Å². The van der Waals surface area contributed by atoms with Crippen LogP contribution >= 0.6 is 15.9 Å². The van der Waals surface area contributed by atoms with Crippen molar-refractivity contribution in [1.29, 1.82) is 0 Å². The summed E-state index contributed by atoms with van der Waals surface area (Å²) in [5.74, 6) is 0. The minimum absolute atomic E-state index is 0.143. The van der Waals surface area contributed by atoms with Crippen molar-refractivity contribution in [1.82, 2.24) is 9.78 Å². The van der Waals surface area contributed by atoms with Crippen LogP contribution in [0.25, 0.3) is 5.69 Å². The Morgan fingerprint density at radius 3 is 2.42 bits per heavy atom. The Labute approximate surface area is 120 Å². The van der Waals surface area contributed by atoms with Gasteiger partial charge in [0, 0.05) is 13.1 Å². The van der Waals surface area contributed by atoms with Crippen molar-refractivity contribution in [3.8, 4) is 5.69 Å². The van der Waals surface area contributed by atoms with E-state index in [9.17, 15) is 4.79 Å². The third-order valence-corrected chi connectivity index (χ3v) is 3.75. The van der Waals surface area contributed by atoms with E-state index in [1.807, 2.05) is 30.3 Å². The SMILES string of the molecule is CCN(CC)c1cnn(-c2ccccc2)c(=O)c1Br. The Morgan fingerprint density at radius 2 is 1.84 bits per heavy atom. The maximum absolute atomic E-state index is 12.4. The van der Waals surface area contributed by atoms with Gasteiger partial charge < -0.3 is 4.90 Å². The molecule has 0 radical (unpaired) electrons. The Kier molecular flexibility index (Phi) is 4.37. The van der Waals surface area contributed by atoms with Gasteiger partial charge in [0.15, 0.2) is 0 Å². The molecule has 2 rings (SSSR count). The van der Waals surface area contributed by atoms with Gasteiger partial charge in [-0.1, -0.05) is 18.2 Å². The second-order valence-electron chi connectivity index (χ2n) is 4.07. The van der Waals surface area contributed by atoms with Crippen LogP contribution in [0.3, 0.4) is 0 Å². The fourth-order valence-electron chi connectivity index (χ4n) is 1.96. The monoisotopic (exact) mass is 321 g/mol. The Bertz CT molecular complexity index is 606. The number of anilines is 1. The summed E-state index contributed by atoms with van der Waals surface area (Å²) in [6.07, 6.45) is 1.73. The molecular formula is C14H16BrN3O. The van der Waals surface area contributed by atoms with Gasteiger partial charge in [-0.3, -0.25) is 4.79 Å². The molecule has 19 heavy (non-hydrogen) atoms. The average molecular weight is 322 g/mol. The van der Waals surface area contributed by atoms with Crippen LogP contribution in [0.5, 0.6) is 0 Å². The van der Waals surface area contributed by atoms with E-state index in [1.165, 1.54) is 4.68 Å². The zero-order valence-corrected chi connectivity index (χ0v) is 12.6. The fourth-order valence-corrected chi connectivity index (χ4v) is 2.48. The molecule has 0 aliphatic carbocycles. The van der Waals surface area contributed by atoms with Crippen molar-refractivity contribution >= 4 is 21.6 Å². The van der Waals surface area contributed by atoms with Crippen LogP contribution in [0.4, 0.5) is 5.69 Å². The molecule has 0 saturated heterocycles. The molecule has 2 aromatic rings. The molecule has 1 heterocycles. The van der Waals surface area contributed by atoms with Gasteiger partial charge in [-0.2, -0.15) is 9.78 Å². The number of benzene rings is 1. The second-order valence-corrected chi connectivity index (χ2v) is 4.86. The van der Waals surface area contributed by atoms with Gasteiger partial charge in [0.25, 0.3) is 5.56 Å². The third kappa shape index (κ3) is 2.71. The number of nitrogens with zero attached hydrogens (tertiary/aromatic N) is 3. The van der Waals surface area contributed by atoms with E-state index in [1.54, 1.807) is 6.20 Å². The van der Waals surface area contributed by atoms with Gasteiger partial charge in [0.2, 0.25) is 0 Å². The lowest BCUT2D eigenvalue weighted by molar-refractivity contribution is 0.779. The largest absolute Gasteiger partial charge is 0.370 e. The first-order valence-electron chi connectivity index (χ1n) is 6.27. The highest BCUT2D eigenvalue weighted by molar-refractivity contribution is 9.10. The van der Waals surface area contributed by atoms with Crippen LogP contribution in [-0.4, -0.2) is 22.9 Å². The summed E-state index contributed by atoms with van der Waals surface area (Å²) < 4.78 is 1.95. The number of hydrogen-bond donors (Lipinski definition) is 0. The lowest BCUT2D eigenvalue weighted by atomic mass is 10.3. The summed E-state index contributed by atoms with van der Waals surface area (Å²) in [7, 11) is 0. The second kappa shape index (κ2) is 6.02. The highest BCUT2D eigenvalue weighted by atomic mass is 79.9. The molecule has 1 aromatic carbocycles. The minimum atomic E-state index is -0.143. The van der Waals surface area contributed by atoms with Crippen LogP contribution in [-0.2, 0) is 0 Å². The van der Waals surface area contributed by atoms with Crippen molar-refractivity contribution in [3.63, 3.8) is 0 Å². The molecule has 0 bridgehead atoms. The van der Waals surface area contributed by atoms with Crippen LogP contribution < -0.4 is 10.5 Å². The van der Waals surface area contributed by atoms with E-state index in [4.69, 9.17) is 0 Å². The molecule has 100 valence electrons. The Balaban J connectivity index is 2.52. The highest BCUT2D eigenvalue weighted by Gasteiger charge is 2.13. The standard InChI is InChI=1S/C14H16BrN3O/c1-3-17(4-2)12-10-16-18(14(19)13(12)15)11-8-6-5-7-9-11/h5-10H,3-4H2,1-2H3. The summed E-state index contributed by atoms with van der Waals surface area (Å²) in [5, 5.41) is 4.26. The van der Waals surface area contributed by atoms with Gasteiger partial charge in [-0.15, -0.1) is 0 Å². The van der Waals surface area contributed by atoms with Crippen molar-refractivity contribution in [2.75, 3.05) is 18.0 Å². The lowest BCUT2D eigenvalue weighted by Crippen LogP contribution is -2.28. The van der Waals surface area contributed by atoms with Crippen molar-refractivity contribution in [2.24, 2.45) is 0 Å². The lowest BCUT2D eigenvalue weighted by Gasteiger charge is -2.21. The molecule has 4 nitrogen and oxygen atoms in total. The average Bonchev–Trinajstić information content (AvgIpc) is 2.46. The Hall–Kier alpha value is -1.62. The van der Waals surface area contributed by atoms with Crippen molar-refractivity contribution in [2.45, 2.75) is 13.8 Å². The zero-order valence-electron chi connectivity index (χ0n) is 11.0. The van der Waals surface area contributed by atoms with Crippen molar-refractivity contribution in [3.05, 3.63) is 51.4 Å². The molecular weight excluding hydrogens is 306 g/mol. The molecule has 0 N–H and O–H groups in total. The molecule has 0 fully saturated rings. The number of aromatic nitrogens is 2. The summed E-state index contributed by atoms with van der Waals surface area (Å²) in [5.41, 5.74) is 1.46. The molecule has 0 aliphatic rings.